The molecule has 2 aliphatic heterocycles. The third-order valence-electron chi connectivity index (χ3n) is 5.67. The maximum absolute atomic E-state index is 13.2. The highest BCUT2D eigenvalue weighted by atomic mass is 16.6. The van der Waals surface area contributed by atoms with Gasteiger partial charge in [-0.25, -0.2) is 4.63 Å². The number of benzene rings is 1. The van der Waals surface area contributed by atoms with Crippen LogP contribution < -0.4 is 9.47 Å². The molecule has 9 nitrogen and oxygen atoms in total. The molecule has 2 aromatic rings. The fourth-order valence-electron chi connectivity index (χ4n) is 3.77. The van der Waals surface area contributed by atoms with Crippen molar-refractivity contribution >= 4 is 5.91 Å². The largest absolute Gasteiger partial charge is 0.493 e. The molecule has 0 spiro atoms. The van der Waals surface area contributed by atoms with Crippen LogP contribution in [0.15, 0.2) is 22.8 Å². The first-order chi connectivity index (χ1) is 15.0. The van der Waals surface area contributed by atoms with Crippen LogP contribution in [0.2, 0.25) is 0 Å². The van der Waals surface area contributed by atoms with Gasteiger partial charge in [0.25, 0.3) is 5.91 Å². The zero-order valence-corrected chi connectivity index (χ0v) is 18.3. The minimum atomic E-state index is -0.230. The van der Waals surface area contributed by atoms with Gasteiger partial charge >= 0.3 is 0 Å². The molecule has 1 amide bonds. The lowest BCUT2D eigenvalue weighted by Gasteiger charge is -2.37. The van der Waals surface area contributed by atoms with Crippen molar-refractivity contribution in [1.29, 1.82) is 0 Å². The van der Waals surface area contributed by atoms with Gasteiger partial charge in [0, 0.05) is 25.1 Å². The van der Waals surface area contributed by atoms with E-state index in [9.17, 15) is 4.79 Å². The Bertz CT molecular complexity index is 904. The van der Waals surface area contributed by atoms with Crippen molar-refractivity contribution in [2.24, 2.45) is 5.41 Å². The van der Waals surface area contributed by atoms with Crippen LogP contribution in [-0.4, -0.2) is 67.3 Å². The van der Waals surface area contributed by atoms with Crippen molar-refractivity contribution in [3.63, 3.8) is 0 Å². The minimum Gasteiger partial charge on any atom is -0.493 e. The molecular weight excluding hydrogens is 402 g/mol. The lowest BCUT2D eigenvalue weighted by Crippen LogP contribution is -2.44. The Kier molecular flexibility index (Phi) is 6.43. The van der Waals surface area contributed by atoms with Gasteiger partial charge in [-0.2, -0.15) is 0 Å². The summed E-state index contributed by atoms with van der Waals surface area (Å²) in [4.78, 5) is 14.9. The second-order valence-electron chi connectivity index (χ2n) is 8.60. The molecule has 168 valence electrons. The van der Waals surface area contributed by atoms with Gasteiger partial charge in [-0.05, 0) is 42.6 Å². The summed E-state index contributed by atoms with van der Waals surface area (Å²) in [6, 6.07) is 5.72. The van der Waals surface area contributed by atoms with Gasteiger partial charge in [0.2, 0.25) is 0 Å². The predicted octanol–water partition coefficient (Wildman–Crippen LogP) is 2.62. The monoisotopic (exact) mass is 431 g/mol. The smallest absolute Gasteiger partial charge is 0.278 e. The molecule has 1 aromatic heterocycles. The molecule has 3 heterocycles. The van der Waals surface area contributed by atoms with E-state index in [1.165, 1.54) is 0 Å². The molecule has 0 radical (unpaired) electrons. The van der Waals surface area contributed by atoms with E-state index >= 15 is 0 Å². The summed E-state index contributed by atoms with van der Waals surface area (Å²) in [5.41, 5.74) is 1.63. The van der Waals surface area contributed by atoms with E-state index in [2.05, 4.69) is 17.2 Å². The first-order valence-corrected chi connectivity index (χ1v) is 10.5. The molecule has 2 aliphatic rings. The molecule has 2 fully saturated rings. The van der Waals surface area contributed by atoms with E-state index < -0.39 is 0 Å². The Hall–Kier alpha value is -2.65. The van der Waals surface area contributed by atoms with E-state index in [1.807, 2.05) is 18.2 Å². The van der Waals surface area contributed by atoms with Crippen LogP contribution in [0.5, 0.6) is 11.5 Å². The molecule has 0 N–H and O–H groups in total. The normalized spacial score (nSPS) is 19.6. The van der Waals surface area contributed by atoms with Gasteiger partial charge in [-0.3, -0.25) is 4.79 Å². The minimum absolute atomic E-state index is 0.0108. The van der Waals surface area contributed by atoms with Crippen molar-refractivity contribution < 1.29 is 28.4 Å². The van der Waals surface area contributed by atoms with E-state index in [0.29, 0.717) is 50.1 Å². The quantitative estimate of drug-likeness (QED) is 0.598. The number of hydrogen-bond donors (Lipinski definition) is 0. The van der Waals surface area contributed by atoms with Crippen molar-refractivity contribution in [1.82, 2.24) is 15.2 Å². The van der Waals surface area contributed by atoms with Gasteiger partial charge in [-0.15, -0.1) is 0 Å². The molecule has 0 bridgehead atoms. The average Bonchev–Trinajstić information content (AvgIpc) is 3.41. The highest BCUT2D eigenvalue weighted by molar-refractivity contribution is 5.93. The number of amides is 1. The van der Waals surface area contributed by atoms with E-state index in [0.717, 1.165) is 25.0 Å². The van der Waals surface area contributed by atoms with Crippen molar-refractivity contribution in [2.75, 3.05) is 40.1 Å². The Labute approximate surface area is 181 Å². The lowest BCUT2D eigenvalue weighted by atomic mass is 9.90. The van der Waals surface area contributed by atoms with Gasteiger partial charge < -0.3 is 23.8 Å². The van der Waals surface area contributed by atoms with Crippen LogP contribution in [-0.2, 0) is 16.0 Å². The highest BCUT2D eigenvalue weighted by Crippen LogP contribution is 2.33. The maximum Gasteiger partial charge on any atom is 0.278 e. The zero-order valence-electron chi connectivity index (χ0n) is 18.3. The van der Waals surface area contributed by atoms with Crippen LogP contribution in [0.4, 0.5) is 0 Å². The zero-order chi connectivity index (χ0) is 21.8. The number of aryl methyl sites for hydroxylation is 1. The topological polar surface area (TPSA) is 96.2 Å². The Morgan fingerprint density at radius 3 is 2.74 bits per heavy atom. The highest BCUT2D eigenvalue weighted by Gasteiger charge is 2.34. The van der Waals surface area contributed by atoms with Crippen LogP contribution in [0.25, 0.3) is 0 Å². The number of hydrogen-bond acceptors (Lipinski definition) is 8. The van der Waals surface area contributed by atoms with Gasteiger partial charge in [0.15, 0.2) is 17.2 Å². The Morgan fingerprint density at radius 1 is 1.29 bits per heavy atom. The predicted molar refractivity (Wildman–Crippen MR) is 110 cm³/mol. The van der Waals surface area contributed by atoms with Crippen molar-refractivity contribution in [3.8, 4) is 11.5 Å². The summed E-state index contributed by atoms with van der Waals surface area (Å²) in [6.07, 6.45) is 1.94. The molecule has 2 saturated heterocycles. The second-order valence-corrected chi connectivity index (χ2v) is 8.60. The molecule has 1 aromatic carbocycles. The number of ether oxygens (including phenoxy) is 4. The lowest BCUT2D eigenvalue weighted by molar-refractivity contribution is -0.120. The van der Waals surface area contributed by atoms with E-state index in [1.54, 1.807) is 18.9 Å². The SMILES string of the molecule is COc1ccc(CN(CC2CCCO2)C(=O)c2nonc2C)cc1OCC1(C)COC1. The van der Waals surface area contributed by atoms with E-state index in [-0.39, 0.29) is 23.1 Å². The molecular formula is C22H29N3O6. The Morgan fingerprint density at radius 2 is 2.13 bits per heavy atom. The number of nitrogens with zero attached hydrogens (tertiary/aromatic N) is 3. The summed E-state index contributed by atoms with van der Waals surface area (Å²) in [5, 5.41) is 7.54. The molecule has 0 saturated carbocycles. The Balaban J connectivity index is 1.52. The fraction of sp³-hybridized carbons (Fsp3) is 0.591. The van der Waals surface area contributed by atoms with Crippen molar-refractivity contribution in [2.45, 2.75) is 39.3 Å². The third kappa shape index (κ3) is 4.99. The standard InChI is InChI=1S/C22H29N3O6/c1-15-20(24-31-23-15)21(26)25(11-17-5-4-8-29-17)10-16-6-7-18(27-3)19(9-16)30-14-22(2)12-28-13-22/h6-7,9,17H,4-5,8,10-14H2,1-3H3. The number of methoxy groups -OCH3 is 1. The van der Waals surface area contributed by atoms with Crippen LogP contribution in [0, 0.1) is 12.3 Å². The molecule has 4 rings (SSSR count). The van der Waals surface area contributed by atoms with Gasteiger partial charge in [0.1, 0.15) is 5.69 Å². The molecule has 1 atom stereocenters. The number of rotatable bonds is 9. The van der Waals surface area contributed by atoms with Crippen LogP contribution in [0.3, 0.4) is 0 Å². The molecule has 9 heteroatoms. The third-order valence-corrected chi connectivity index (χ3v) is 5.67. The summed E-state index contributed by atoms with van der Waals surface area (Å²) >= 11 is 0. The number of aromatic nitrogens is 2. The number of carbonyl (C=O) groups is 1. The second kappa shape index (κ2) is 9.23. The number of carbonyl (C=O) groups excluding carboxylic acids is 1. The van der Waals surface area contributed by atoms with E-state index in [4.69, 9.17) is 23.6 Å². The summed E-state index contributed by atoms with van der Waals surface area (Å²) in [7, 11) is 1.61. The van der Waals surface area contributed by atoms with Crippen LogP contribution >= 0.6 is 0 Å². The summed E-state index contributed by atoms with van der Waals surface area (Å²) in [6.45, 7) is 7.32. The fourth-order valence-corrected chi connectivity index (χ4v) is 3.77. The molecule has 1 unspecified atom stereocenters. The summed E-state index contributed by atoms with van der Waals surface area (Å²) < 4.78 is 27.3. The van der Waals surface area contributed by atoms with Gasteiger partial charge in [-0.1, -0.05) is 18.1 Å². The maximum atomic E-state index is 13.2. The average molecular weight is 431 g/mol. The van der Waals surface area contributed by atoms with Crippen LogP contribution in [0.1, 0.15) is 41.5 Å². The molecule has 31 heavy (non-hydrogen) atoms. The molecule has 0 aliphatic carbocycles. The van der Waals surface area contributed by atoms with Gasteiger partial charge in [0.05, 0.1) is 33.0 Å². The van der Waals surface area contributed by atoms with Crippen molar-refractivity contribution in [3.05, 3.63) is 35.2 Å². The summed E-state index contributed by atoms with van der Waals surface area (Å²) in [5.74, 6) is 1.07. The first kappa shape index (κ1) is 21.6. The first-order valence-electron chi connectivity index (χ1n) is 10.5.